The fourth-order valence-corrected chi connectivity index (χ4v) is 3.61. The average Bonchev–Trinajstić information content (AvgIpc) is 2.71. The van der Waals surface area contributed by atoms with E-state index in [4.69, 9.17) is 0 Å². The number of nitrogens with zero attached hydrogens (tertiary/aromatic N) is 1. The zero-order valence-corrected chi connectivity index (χ0v) is 20.0. The molecular formula is C23H17I2N3O2. The first kappa shape index (κ1) is 22.2. The summed E-state index contributed by atoms with van der Waals surface area (Å²) in [5, 5.41) is 5.39. The van der Waals surface area contributed by atoms with Crippen LogP contribution in [-0.2, 0) is 9.59 Å². The zero-order chi connectivity index (χ0) is 21.3. The molecule has 0 aliphatic heterocycles. The van der Waals surface area contributed by atoms with Crippen molar-refractivity contribution < 1.29 is 9.59 Å². The van der Waals surface area contributed by atoms with E-state index in [2.05, 4.69) is 60.8 Å². The maximum Gasteiger partial charge on any atom is 0.249 e. The molecule has 0 aliphatic rings. The molecule has 0 unspecified atom stereocenters. The fraction of sp³-hybridized carbons (Fsp3) is 0. The van der Waals surface area contributed by atoms with Gasteiger partial charge in [-0.15, -0.1) is 0 Å². The van der Waals surface area contributed by atoms with Crippen molar-refractivity contribution in [2.24, 2.45) is 0 Å². The number of carbonyl (C=O) groups excluding carboxylic acids is 2. The van der Waals surface area contributed by atoms with Gasteiger partial charge >= 0.3 is 0 Å². The van der Waals surface area contributed by atoms with E-state index in [1.807, 2.05) is 48.5 Å². The predicted octanol–water partition coefficient (Wildman–Crippen LogP) is 5.59. The van der Waals surface area contributed by atoms with Crippen LogP contribution in [0.5, 0.6) is 0 Å². The minimum absolute atomic E-state index is 0.302. The largest absolute Gasteiger partial charge is 0.307 e. The predicted molar refractivity (Wildman–Crippen MR) is 138 cm³/mol. The summed E-state index contributed by atoms with van der Waals surface area (Å²) >= 11 is 4.44. The van der Waals surface area contributed by atoms with Crippen molar-refractivity contribution >= 4 is 80.8 Å². The summed E-state index contributed by atoms with van der Waals surface area (Å²) in [6.07, 6.45) is 6.36. The Kier molecular flexibility index (Phi) is 8.14. The van der Waals surface area contributed by atoms with E-state index in [0.29, 0.717) is 11.6 Å². The third kappa shape index (κ3) is 7.38. The molecular weight excluding hydrogens is 604 g/mol. The Morgan fingerprint density at radius 3 is 1.57 bits per heavy atom. The Labute approximate surface area is 202 Å². The Morgan fingerprint density at radius 1 is 0.700 bits per heavy atom. The van der Waals surface area contributed by atoms with E-state index < -0.39 is 0 Å². The highest BCUT2D eigenvalue weighted by atomic mass is 127. The van der Waals surface area contributed by atoms with Crippen LogP contribution in [0.3, 0.4) is 0 Å². The molecule has 3 aromatic rings. The molecule has 3 rings (SSSR count). The smallest absolute Gasteiger partial charge is 0.249 e. The number of hydrogen-bond acceptors (Lipinski definition) is 3. The molecule has 30 heavy (non-hydrogen) atoms. The van der Waals surface area contributed by atoms with Gasteiger partial charge < -0.3 is 10.6 Å². The average molecular weight is 621 g/mol. The molecule has 0 radical (unpaired) electrons. The lowest BCUT2D eigenvalue weighted by Gasteiger charge is -2.05. The first-order chi connectivity index (χ1) is 14.5. The lowest BCUT2D eigenvalue weighted by molar-refractivity contribution is -0.112. The highest BCUT2D eigenvalue weighted by molar-refractivity contribution is 14.1. The summed E-state index contributed by atoms with van der Waals surface area (Å²) in [4.78, 5) is 28.6. The third-order valence-corrected chi connectivity index (χ3v) is 5.15. The van der Waals surface area contributed by atoms with Gasteiger partial charge in [0.05, 0.1) is 0 Å². The van der Waals surface area contributed by atoms with Crippen molar-refractivity contribution in [1.82, 2.24) is 4.98 Å². The Bertz CT molecular complexity index is 1040. The second-order valence-corrected chi connectivity index (χ2v) is 8.65. The summed E-state index contributed by atoms with van der Waals surface area (Å²) in [5.74, 6) is 0.102. The number of hydrogen-bond donors (Lipinski definition) is 2. The summed E-state index contributed by atoms with van der Waals surface area (Å²) < 4.78 is 2.19. The number of nitrogens with one attached hydrogen (secondary N) is 2. The van der Waals surface area contributed by atoms with Crippen molar-refractivity contribution in [2.75, 3.05) is 10.6 Å². The lowest BCUT2D eigenvalue weighted by atomic mass is 10.2. The van der Waals surface area contributed by atoms with Crippen molar-refractivity contribution in [3.63, 3.8) is 0 Å². The Morgan fingerprint density at radius 2 is 1.13 bits per heavy atom. The van der Waals surface area contributed by atoms with Gasteiger partial charge in [0.25, 0.3) is 0 Å². The maximum absolute atomic E-state index is 12.2. The topological polar surface area (TPSA) is 71.1 Å². The monoisotopic (exact) mass is 621 g/mol. The molecule has 2 amide bonds. The SMILES string of the molecule is O=C(/C=C/c1cccc(I)c1)Nc1cccc(NC(=O)/C=C/c2cccc(I)c2)n1. The number of anilines is 2. The molecule has 150 valence electrons. The number of amides is 2. The van der Waals surface area contributed by atoms with Gasteiger partial charge in [0.15, 0.2) is 0 Å². The van der Waals surface area contributed by atoms with E-state index in [9.17, 15) is 9.59 Å². The number of rotatable bonds is 6. The van der Waals surface area contributed by atoms with Crippen LogP contribution in [0.15, 0.2) is 78.9 Å². The second-order valence-electron chi connectivity index (χ2n) is 6.16. The van der Waals surface area contributed by atoms with Crippen LogP contribution in [0.2, 0.25) is 0 Å². The number of carbonyl (C=O) groups is 2. The van der Waals surface area contributed by atoms with E-state index >= 15 is 0 Å². The molecule has 0 atom stereocenters. The quantitative estimate of drug-likeness (QED) is 0.279. The van der Waals surface area contributed by atoms with Crippen LogP contribution in [0.1, 0.15) is 11.1 Å². The van der Waals surface area contributed by atoms with Crippen LogP contribution in [0.25, 0.3) is 12.2 Å². The van der Waals surface area contributed by atoms with Gasteiger partial charge in [0.1, 0.15) is 11.6 Å². The van der Waals surface area contributed by atoms with E-state index in [-0.39, 0.29) is 11.8 Å². The molecule has 0 bridgehead atoms. The molecule has 1 aromatic heterocycles. The van der Waals surface area contributed by atoms with Crippen molar-refractivity contribution in [3.8, 4) is 0 Å². The van der Waals surface area contributed by atoms with Crippen molar-refractivity contribution in [1.29, 1.82) is 0 Å². The van der Waals surface area contributed by atoms with Gasteiger partial charge in [-0.1, -0.05) is 30.3 Å². The molecule has 0 spiro atoms. The van der Waals surface area contributed by atoms with Crippen LogP contribution < -0.4 is 10.6 Å². The molecule has 0 saturated carbocycles. The first-order valence-corrected chi connectivity index (χ1v) is 11.1. The number of aromatic nitrogens is 1. The van der Waals surface area contributed by atoms with Gasteiger partial charge in [-0.25, -0.2) is 4.98 Å². The van der Waals surface area contributed by atoms with Gasteiger partial charge in [0.2, 0.25) is 11.8 Å². The number of benzene rings is 2. The minimum Gasteiger partial charge on any atom is -0.307 e. The summed E-state index contributed by atoms with van der Waals surface area (Å²) in [6, 6.07) is 20.7. The molecule has 5 nitrogen and oxygen atoms in total. The molecule has 0 saturated heterocycles. The van der Waals surface area contributed by atoms with Crippen LogP contribution >= 0.6 is 45.2 Å². The molecule has 1 heterocycles. The van der Waals surface area contributed by atoms with Crippen LogP contribution in [-0.4, -0.2) is 16.8 Å². The van der Waals surface area contributed by atoms with Gasteiger partial charge in [-0.3, -0.25) is 9.59 Å². The lowest BCUT2D eigenvalue weighted by Crippen LogP contribution is -2.12. The maximum atomic E-state index is 12.2. The highest BCUT2D eigenvalue weighted by Crippen LogP contribution is 2.12. The van der Waals surface area contributed by atoms with Gasteiger partial charge in [0, 0.05) is 19.3 Å². The number of pyridine rings is 1. The molecule has 2 N–H and O–H groups in total. The first-order valence-electron chi connectivity index (χ1n) is 8.94. The summed E-state index contributed by atoms with van der Waals surface area (Å²) in [5.41, 5.74) is 1.87. The molecule has 7 heteroatoms. The third-order valence-electron chi connectivity index (χ3n) is 3.80. The van der Waals surface area contributed by atoms with Gasteiger partial charge in [-0.05, 0) is 105 Å². The fourth-order valence-electron chi connectivity index (χ4n) is 2.47. The normalized spacial score (nSPS) is 11.0. The Balaban J connectivity index is 1.58. The summed E-state index contributed by atoms with van der Waals surface area (Å²) in [7, 11) is 0. The van der Waals surface area contributed by atoms with E-state index in [1.54, 1.807) is 30.4 Å². The number of halogens is 2. The minimum atomic E-state index is -0.302. The van der Waals surface area contributed by atoms with E-state index in [1.165, 1.54) is 12.2 Å². The summed E-state index contributed by atoms with van der Waals surface area (Å²) in [6.45, 7) is 0. The Hall–Kier alpha value is -2.53. The van der Waals surface area contributed by atoms with Crippen molar-refractivity contribution in [2.45, 2.75) is 0 Å². The zero-order valence-electron chi connectivity index (χ0n) is 15.7. The van der Waals surface area contributed by atoms with Crippen LogP contribution in [0.4, 0.5) is 11.6 Å². The standard InChI is InChI=1S/C23H17I2N3O2/c24-18-6-1-4-16(14-18)10-12-22(29)27-20-8-3-9-21(26-20)28-23(30)13-11-17-5-2-7-19(25)15-17/h1-15H,(H2,26,27,28,29,30)/b12-10+,13-11+. The van der Waals surface area contributed by atoms with E-state index in [0.717, 1.165) is 18.3 Å². The van der Waals surface area contributed by atoms with Gasteiger partial charge in [-0.2, -0.15) is 0 Å². The molecule has 2 aromatic carbocycles. The second kappa shape index (κ2) is 11.0. The van der Waals surface area contributed by atoms with Crippen molar-refractivity contribution in [3.05, 3.63) is 97.1 Å². The van der Waals surface area contributed by atoms with Crippen LogP contribution in [0, 0.1) is 7.14 Å². The molecule has 0 fully saturated rings. The highest BCUT2D eigenvalue weighted by Gasteiger charge is 2.03. The molecule has 0 aliphatic carbocycles.